The first-order valence-corrected chi connectivity index (χ1v) is 4.53. The van der Waals surface area contributed by atoms with Gasteiger partial charge in [0.1, 0.15) is 6.26 Å². The minimum Gasteiger partial charge on any atom is -0.430 e. The largest absolute Gasteiger partial charge is 0.430 e. The number of nitrogens with one attached hydrogen (secondary N) is 1. The fourth-order valence-corrected chi connectivity index (χ4v) is 0.990. The van der Waals surface area contributed by atoms with Crippen LogP contribution in [0.5, 0.6) is 0 Å². The SMILES string of the molecule is C#CC(CC)NC(=O)c1ccc(=O)oc1. The predicted molar refractivity (Wildman–Crippen MR) is 55.4 cm³/mol. The van der Waals surface area contributed by atoms with Crippen LogP contribution in [0.4, 0.5) is 0 Å². The van der Waals surface area contributed by atoms with E-state index in [2.05, 4.69) is 15.7 Å². The minimum atomic E-state index is -0.490. The Kier molecular flexibility index (Phi) is 3.69. The summed E-state index contributed by atoms with van der Waals surface area (Å²) in [5.74, 6) is 2.10. The van der Waals surface area contributed by atoms with Crippen LogP contribution in [0.25, 0.3) is 0 Å². The predicted octanol–water partition coefficient (Wildman–Crippen LogP) is 0.781. The van der Waals surface area contributed by atoms with Gasteiger partial charge in [0.25, 0.3) is 5.91 Å². The summed E-state index contributed by atoms with van der Waals surface area (Å²) in [6.45, 7) is 1.87. The third kappa shape index (κ3) is 2.99. The highest BCUT2D eigenvalue weighted by atomic mass is 16.4. The van der Waals surface area contributed by atoms with E-state index in [9.17, 15) is 9.59 Å². The fourth-order valence-electron chi connectivity index (χ4n) is 0.990. The van der Waals surface area contributed by atoms with Gasteiger partial charge in [0.2, 0.25) is 0 Å². The lowest BCUT2D eigenvalue weighted by molar-refractivity contribution is 0.0942. The van der Waals surface area contributed by atoms with Crippen LogP contribution in [0.15, 0.2) is 27.6 Å². The van der Waals surface area contributed by atoms with E-state index >= 15 is 0 Å². The lowest BCUT2D eigenvalue weighted by Crippen LogP contribution is -2.33. The van der Waals surface area contributed by atoms with E-state index < -0.39 is 5.63 Å². The maximum absolute atomic E-state index is 11.5. The van der Waals surface area contributed by atoms with Gasteiger partial charge in [-0.05, 0) is 12.5 Å². The summed E-state index contributed by atoms with van der Waals surface area (Å²) in [5.41, 5.74) is -0.209. The lowest BCUT2D eigenvalue weighted by atomic mass is 10.2. The van der Waals surface area contributed by atoms with Gasteiger partial charge >= 0.3 is 5.63 Å². The Balaban J connectivity index is 2.74. The van der Waals surface area contributed by atoms with Crippen LogP contribution >= 0.6 is 0 Å². The van der Waals surface area contributed by atoms with Gasteiger partial charge in [-0.3, -0.25) is 4.79 Å². The average molecular weight is 205 g/mol. The summed E-state index contributed by atoms with van der Waals surface area (Å²) in [6, 6.07) is 2.28. The molecule has 0 aliphatic heterocycles. The van der Waals surface area contributed by atoms with E-state index in [1.807, 2.05) is 6.92 Å². The van der Waals surface area contributed by atoms with E-state index in [0.717, 1.165) is 6.26 Å². The molecule has 1 heterocycles. The van der Waals surface area contributed by atoms with E-state index in [-0.39, 0.29) is 17.5 Å². The summed E-state index contributed by atoms with van der Waals surface area (Å²) >= 11 is 0. The molecule has 15 heavy (non-hydrogen) atoms. The van der Waals surface area contributed by atoms with Gasteiger partial charge < -0.3 is 9.73 Å². The Labute approximate surface area is 87.3 Å². The van der Waals surface area contributed by atoms with Crippen molar-refractivity contribution in [1.82, 2.24) is 5.32 Å². The smallest absolute Gasteiger partial charge is 0.335 e. The maximum atomic E-state index is 11.5. The summed E-state index contributed by atoms with van der Waals surface area (Å²) in [7, 11) is 0. The average Bonchev–Trinajstić information content (AvgIpc) is 2.26. The van der Waals surface area contributed by atoms with Gasteiger partial charge in [0.05, 0.1) is 11.6 Å². The highest BCUT2D eigenvalue weighted by Crippen LogP contribution is 1.97. The van der Waals surface area contributed by atoms with E-state index in [0.29, 0.717) is 6.42 Å². The molecule has 1 aromatic heterocycles. The lowest BCUT2D eigenvalue weighted by Gasteiger charge is -2.09. The number of amides is 1. The summed E-state index contributed by atoms with van der Waals surface area (Å²) in [6.07, 6.45) is 6.96. The molecule has 1 N–H and O–H groups in total. The van der Waals surface area contributed by atoms with Crippen molar-refractivity contribution in [2.45, 2.75) is 19.4 Å². The highest BCUT2D eigenvalue weighted by molar-refractivity contribution is 5.94. The Hall–Kier alpha value is -2.02. The fraction of sp³-hybridized carbons (Fsp3) is 0.273. The Morgan fingerprint density at radius 1 is 1.67 bits per heavy atom. The number of carbonyl (C=O) groups is 1. The van der Waals surface area contributed by atoms with Crippen molar-refractivity contribution in [2.24, 2.45) is 0 Å². The first-order valence-electron chi connectivity index (χ1n) is 4.53. The number of terminal acetylenes is 1. The van der Waals surface area contributed by atoms with Crippen LogP contribution in [-0.4, -0.2) is 11.9 Å². The molecule has 0 aromatic carbocycles. The number of rotatable bonds is 3. The minimum absolute atomic E-state index is 0.281. The maximum Gasteiger partial charge on any atom is 0.335 e. The zero-order chi connectivity index (χ0) is 11.3. The van der Waals surface area contributed by atoms with Crippen molar-refractivity contribution >= 4 is 5.91 Å². The quantitative estimate of drug-likeness (QED) is 0.742. The van der Waals surface area contributed by atoms with Crippen LogP contribution in [0.1, 0.15) is 23.7 Å². The second kappa shape index (κ2) is 5.01. The normalized spacial score (nSPS) is 11.5. The highest BCUT2D eigenvalue weighted by Gasteiger charge is 2.10. The molecule has 1 atom stereocenters. The van der Waals surface area contributed by atoms with Crippen molar-refractivity contribution in [3.8, 4) is 12.3 Å². The number of carbonyl (C=O) groups excluding carboxylic acids is 1. The molecule has 4 nitrogen and oxygen atoms in total. The third-order valence-electron chi connectivity index (χ3n) is 1.88. The van der Waals surface area contributed by atoms with Crippen LogP contribution < -0.4 is 10.9 Å². The van der Waals surface area contributed by atoms with Crippen LogP contribution in [-0.2, 0) is 0 Å². The summed E-state index contributed by atoms with van der Waals surface area (Å²) in [4.78, 5) is 22.2. The molecule has 0 aliphatic rings. The Morgan fingerprint density at radius 2 is 2.40 bits per heavy atom. The van der Waals surface area contributed by atoms with Crippen molar-refractivity contribution in [2.75, 3.05) is 0 Å². The molecule has 0 saturated carbocycles. The Morgan fingerprint density at radius 3 is 2.87 bits per heavy atom. The summed E-state index contributed by atoms with van der Waals surface area (Å²) < 4.78 is 4.56. The van der Waals surface area contributed by atoms with E-state index in [1.54, 1.807) is 0 Å². The van der Waals surface area contributed by atoms with Gasteiger partial charge in [0, 0.05) is 6.07 Å². The van der Waals surface area contributed by atoms with Gasteiger partial charge in [-0.1, -0.05) is 12.8 Å². The molecule has 1 aromatic rings. The van der Waals surface area contributed by atoms with Crippen LogP contribution in [0.2, 0.25) is 0 Å². The molecule has 0 fully saturated rings. The number of hydrogen-bond donors (Lipinski definition) is 1. The monoisotopic (exact) mass is 205 g/mol. The van der Waals surface area contributed by atoms with Crippen LogP contribution in [0.3, 0.4) is 0 Å². The standard InChI is InChI=1S/C11H11NO3/c1-3-9(4-2)12-11(14)8-5-6-10(13)15-7-8/h1,5-7,9H,4H2,2H3,(H,12,14). The first kappa shape index (κ1) is 11.1. The molecular weight excluding hydrogens is 194 g/mol. The molecule has 1 amide bonds. The molecule has 1 unspecified atom stereocenters. The molecule has 1 rings (SSSR count). The van der Waals surface area contributed by atoms with Crippen LogP contribution in [0, 0.1) is 12.3 Å². The van der Waals surface area contributed by atoms with Gasteiger partial charge in [-0.2, -0.15) is 0 Å². The third-order valence-corrected chi connectivity index (χ3v) is 1.88. The second-order valence-electron chi connectivity index (χ2n) is 2.94. The zero-order valence-corrected chi connectivity index (χ0v) is 8.32. The molecule has 0 aliphatic carbocycles. The zero-order valence-electron chi connectivity index (χ0n) is 8.32. The first-order chi connectivity index (χ1) is 7.17. The van der Waals surface area contributed by atoms with Crippen molar-refractivity contribution in [3.05, 3.63) is 34.4 Å². The van der Waals surface area contributed by atoms with E-state index in [4.69, 9.17) is 6.42 Å². The van der Waals surface area contributed by atoms with Gasteiger partial charge in [0.15, 0.2) is 0 Å². The molecule has 78 valence electrons. The molecular formula is C11H11NO3. The van der Waals surface area contributed by atoms with Crippen molar-refractivity contribution in [3.63, 3.8) is 0 Å². The second-order valence-corrected chi connectivity index (χ2v) is 2.94. The van der Waals surface area contributed by atoms with Crippen molar-refractivity contribution in [1.29, 1.82) is 0 Å². The van der Waals surface area contributed by atoms with Crippen molar-refractivity contribution < 1.29 is 9.21 Å². The molecule has 0 spiro atoms. The topological polar surface area (TPSA) is 59.3 Å². The molecule has 0 radical (unpaired) electrons. The molecule has 0 saturated heterocycles. The molecule has 0 bridgehead atoms. The summed E-state index contributed by atoms with van der Waals surface area (Å²) in [5, 5.41) is 2.62. The Bertz CT molecular complexity index is 421. The van der Waals surface area contributed by atoms with Gasteiger partial charge in [-0.15, -0.1) is 6.42 Å². The van der Waals surface area contributed by atoms with Gasteiger partial charge in [-0.25, -0.2) is 4.79 Å². The number of hydrogen-bond acceptors (Lipinski definition) is 3. The molecule has 4 heteroatoms. The van der Waals surface area contributed by atoms with E-state index in [1.165, 1.54) is 12.1 Å².